The van der Waals surface area contributed by atoms with Crippen LogP contribution in [0.5, 0.6) is 5.75 Å². The Morgan fingerprint density at radius 2 is 2.00 bits per heavy atom. The molecule has 23 heavy (non-hydrogen) atoms. The molecular weight excluding hydrogens is 314 g/mol. The van der Waals surface area contributed by atoms with Crippen LogP contribution in [-0.2, 0) is 4.74 Å². The van der Waals surface area contributed by atoms with Crippen LogP contribution in [0.1, 0.15) is 22.3 Å². The van der Waals surface area contributed by atoms with Gasteiger partial charge in [0.2, 0.25) is 0 Å². The van der Waals surface area contributed by atoms with Gasteiger partial charge in [-0.15, -0.1) is 0 Å². The Morgan fingerprint density at radius 1 is 1.22 bits per heavy atom. The normalized spacial score (nSPS) is 10.2. The molecule has 0 bridgehead atoms. The van der Waals surface area contributed by atoms with Crippen molar-refractivity contribution in [2.45, 2.75) is 13.3 Å². The summed E-state index contributed by atoms with van der Waals surface area (Å²) in [6, 6.07) is 13.0. The number of para-hydroxylation sites is 1. The van der Waals surface area contributed by atoms with Gasteiger partial charge in [0.25, 0.3) is 0 Å². The second-order valence-corrected chi connectivity index (χ2v) is 5.51. The number of anilines is 1. The van der Waals surface area contributed by atoms with Gasteiger partial charge in [-0.25, -0.2) is 4.79 Å². The number of hydrogen-bond acceptors (Lipinski definition) is 4. The minimum atomic E-state index is -0.411. The van der Waals surface area contributed by atoms with E-state index in [0.29, 0.717) is 29.4 Å². The number of hydrogen-bond donors (Lipinski definition) is 1. The predicted molar refractivity (Wildman–Crippen MR) is 92.6 cm³/mol. The zero-order chi connectivity index (χ0) is 16.7. The quantitative estimate of drug-likeness (QED) is 0.605. The van der Waals surface area contributed by atoms with E-state index in [1.807, 2.05) is 31.2 Å². The highest BCUT2D eigenvalue weighted by molar-refractivity contribution is 6.31. The maximum Gasteiger partial charge on any atom is 0.340 e. The lowest BCUT2D eigenvalue weighted by molar-refractivity contribution is 0.0602. The Morgan fingerprint density at radius 3 is 2.74 bits per heavy atom. The number of esters is 1. The van der Waals surface area contributed by atoms with E-state index in [2.05, 4.69) is 5.32 Å². The molecule has 0 aliphatic heterocycles. The van der Waals surface area contributed by atoms with Crippen molar-refractivity contribution in [3.8, 4) is 5.75 Å². The van der Waals surface area contributed by atoms with Crippen LogP contribution in [0.2, 0.25) is 5.02 Å². The van der Waals surface area contributed by atoms with Crippen molar-refractivity contribution in [2.75, 3.05) is 25.6 Å². The molecule has 4 nitrogen and oxygen atoms in total. The number of rotatable bonds is 7. The van der Waals surface area contributed by atoms with Crippen molar-refractivity contribution < 1.29 is 14.3 Å². The lowest BCUT2D eigenvalue weighted by atomic mass is 10.1. The molecule has 0 aliphatic rings. The topological polar surface area (TPSA) is 47.6 Å². The standard InChI is InChI=1S/C18H20ClNO3/c1-13-6-3-4-7-17(13)23-11-5-10-20-16-9-8-14(19)12-15(16)18(21)22-2/h3-4,6-9,12,20H,5,10-11H2,1-2H3. The molecule has 2 aromatic rings. The summed E-state index contributed by atoms with van der Waals surface area (Å²) in [7, 11) is 1.35. The van der Waals surface area contributed by atoms with Crippen LogP contribution >= 0.6 is 11.6 Å². The van der Waals surface area contributed by atoms with Crippen molar-refractivity contribution in [1.29, 1.82) is 0 Å². The monoisotopic (exact) mass is 333 g/mol. The molecule has 2 aromatic carbocycles. The fourth-order valence-electron chi connectivity index (χ4n) is 2.15. The van der Waals surface area contributed by atoms with Crippen molar-refractivity contribution in [3.63, 3.8) is 0 Å². The van der Waals surface area contributed by atoms with Gasteiger partial charge in [0, 0.05) is 17.3 Å². The number of nitrogens with one attached hydrogen (secondary N) is 1. The highest BCUT2D eigenvalue weighted by Gasteiger charge is 2.12. The molecule has 0 heterocycles. The zero-order valence-corrected chi connectivity index (χ0v) is 14.0. The highest BCUT2D eigenvalue weighted by Crippen LogP contribution is 2.21. The van der Waals surface area contributed by atoms with Crippen LogP contribution in [0.15, 0.2) is 42.5 Å². The lowest BCUT2D eigenvalue weighted by Gasteiger charge is -2.12. The second kappa shape index (κ2) is 8.44. The molecule has 122 valence electrons. The number of carbonyl (C=O) groups is 1. The molecule has 0 aliphatic carbocycles. The van der Waals surface area contributed by atoms with Gasteiger partial charge in [0.1, 0.15) is 5.75 Å². The molecule has 0 radical (unpaired) electrons. The Bertz CT molecular complexity index is 673. The van der Waals surface area contributed by atoms with E-state index < -0.39 is 5.97 Å². The van der Waals surface area contributed by atoms with Crippen LogP contribution in [0, 0.1) is 6.92 Å². The van der Waals surface area contributed by atoms with Crippen LogP contribution in [-0.4, -0.2) is 26.2 Å². The third kappa shape index (κ3) is 4.89. The van der Waals surface area contributed by atoms with Crippen LogP contribution in [0.4, 0.5) is 5.69 Å². The molecule has 0 aromatic heterocycles. The van der Waals surface area contributed by atoms with Gasteiger partial charge in [0.05, 0.1) is 19.3 Å². The van der Waals surface area contributed by atoms with Crippen molar-refractivity contribution in [1.82, 2.24) is 0 Å². The average Bonchev–Trinajstić information content (AvgIpc) is 2.56. The van der Waals surface area contributed by atoms with E-state index in [-0.39, 0.29) is 0 Å². The minimum Gasteiger partial charge on any atom is -0.493 e. The summed E-state index contributed by atoms with van der Waals surface area (Å²) in [6.07, 6.45) is 0.803. The van der Waals surface area contributed by atoms with E-state index in [4.69, 9.17) is 21.1 Å². The van der Waals surface area contributed by atoms with E-state index in [1.165, 1.54) is 7.11 Å². The van der Waals surface area contributed by atoms with Crippen molar-refractivity contribution in [3.05, 3.63) is 58.6 Å². The first-order valence-corrected chi connectivity index (χ1v) is 7.80. The summed E-state index contributed by atoms with van der Waals surface area (Å²) in [5.74, 6) is 0.486. The smallest absolute Gasteiger partial charge is 0.340 e. The molecule has 0 atom stereocenters. The van der Waals surface area contributed by atoms with E-state index in [1.54, 1.807) is 18.2 Å². The summed E-state index contributed by atoms with van der Waals surface area (Å²) in [5, 5.41) is 3.72. The number of ether oxygens (including phenoxy) is 2. The Balaban J connectivity index is 1.85. The van der Waals surface area contributed by atoms with Gasteiger partial charge in [-0.3, -0.25) is 0 Å². The molecule has 5 heteroatoms. The third-order valence-electron chi connectivity index (χ3n) is 3.37. The first-order valence-electron chi connectivity index (χ1n) is 7.42. The molecule has 0 spiro atoms. The van der Waals surface area contributed by atoms with Crippen molar-refractivity contribution in [2.24, 2.45) is 0 Å². The van der Waals surface area contributed by atoms with Gasteiger partial charge in [-0.1, -0.05) is 29.8 Å². The Kier molecular flexibility index (Phi) is 6.29. The van der Waals surface area contributed by atoms with Gasteiger partial charge in [-0.05, 0) is 43.2 Å². The molecule has 0 fully saturated rings. The van der Waals surface area contributed by atoms with Crippen LogP contribution in [0.3, 0.4) is 0 Å². The third-order valence-corrected chi connectivity index (χ3v) is 3.61. The first kappa shape index (κ1) is 17.2. The summed E-state index contributed by atoms with van der Waals surface area (Å²) in [4.78, 5) is 11.8. The predicted octanol–water partition coefficient (Wildman–Crippen LogP) is 4.32. The SMILES string of the molecule is COC(=O)c1cc(Cl)ccc1NCCCOc1ccccc1C. The van der Waals surface area contributed by atoms with Gasteiger partial charge in [0.15, 0.2) is 0 Å². The van der Waals surface area contributed by atoms with Crippen LogP contribution in [0.25, 0.3) is 0 Å². The largest absolute Gasteiger partial charge is 0.493 e. The van der Waals surface area contributed by atoms with Gasteiger partial charge in [-0.2, -0.15) is 0 Å². The number of carbonyl (C=O) groups excluding carboxylic acids is 1. The second-order valence-electron chi connectivity index (χ2n) is 5.08. The highest BCUT2D eigenvalue weighted by atomic mass is 35.5. The molecule has 2 rings (SSSR count). The molecular formula is C18H20ClNO3. The van der Waals surface area contributed by atoms with E-state index >= 15 is 0 Å². The fraction of sp³-hybridized carbons (Fsp3) is 0.278. The van der Waals surface area contributed by atoms with Crippen LogP contribution < -0.4 is 10.1 Å². The van der Waals surface area contributed by atoms with Gasteiger partial charge < -0.3 is 14.8 Å². The summed E-state index contributed by atoms with van der Waals surface area (Å²) in [6.45, 7) is 3.29. The Hall–Kier alpha value is -2.20. The molecule has 0 unspecified atom stereocenters. The minimum absolute atomic E-state index is 0.411. The number of aryl methyl sites for hydroxylation is 1. The molecule has 1 N–H and O–H groups in total. The number of methoxy groups -OCH3 is 1. The lowest BCUT2D eigenvalue weighted by Crippen LogP contribution is -2.11. The maximum absolute atomic E-state index is 11.8. The number of benzene rings is 2. The Labute approximate surface area is 141 Å². The van der Waals surface area contributed by atoms with Crippen molar-refractivity contribution >= 4 is 23.3 Å². The molecule has 0 saturated heterocycles. The number of halogens is 1. The van der Waals surface area contributed by atoms with E-state index in [9.17, 15) is 4.79 Å². The average molecular weight is 334 g/mol. The maximum atomic E-state index is 11.8. The van der Waals surface area contributed by atoms with Gasteiger partial charge >= 0.3 is 5.97 Å². The van der Waals surface area contributed by atoms with E-state index in [0.717, 1.165) is 17.7 Å². The molecule has 0 amide bonds. The summed E-state index contributed by atoms with van der Waals surface area (Å²) in [5.41, 5.74) is 2.25. The molecule has 0 saturated carbocycles. The first-order chi connectivity index (χ1) is 11.1. The summed E-state index contributed by atoms with van der Waals surface area (Å²) < 4.78 is 10.5. The zero-order valence-electron chi connectivity index (χ0n) is 13.3. The summed E-state index contributed by atoms with van der Waals surface area (Å²) >= 11 is 5.93. The fourth-order valence-corrected chi connectivity index (χ4v) is 2.32.